The van der Waals surface area contributed by atoms with Gasteiger partial charge in [0.1, 0.15) is 0 Å². The van der Waals surface area contributed by atoms with Crippen molar-refractivity contribution < 1.29 is 9.26 Å². The van der Waals surface area contributed by atoms with Gasteiger partial charge in [0.15, 0.2) is 5.76 Å². The van der Waals surface area contributed by atoms with Crippen molar-refractivity contribution >= 4 is 0 Å². The SMILES string of the molecule is CC1(C)C(Cc2cc(CN3CCOCC3)on2)CC1NCc1cccnc1. The van der Waals surface area contributed by atoms with Gasteiger partial charge in [-0.25, -0.2) is 0 Å². The summed E-state index contributed by atoms with van der Waals surface area (Å²) in [6, 6.07) is 6.78. The van der Waals surface area contributed by atoms with E-state index >= 15 is 0 Å². The molecule has 2 aromatic rings. The molecular formula is C21H30N4O2. The van der Waals surface area contributed by atoms with Gasteiger partial charge in [-0.2, -0.15) is 0 Å². The number of ether oxygens (including phenoxy) is 1. The first kappa shape index (κ1) is 18.6. The Morgan fingerprint density at radius 1 is 1.30 bits per heavy atom. The second-order valence-corrected chi connectivity index (χ2v) is 8.43. The minimum absolute atomic E-state index is 0.255. The number of pyridine rings is 1. The van der Waals surface area contributed by atoms with Gasteiger partial charge in [0.05, 0.1) is 25.5 Å². The van der Waals surface area contributed by atoms with E-state index in [1.165, 1.54) is 12.0 Å². The van der Waals surface area contributed by atoms with E-state index in [-0.39, 0.29) is 5.41 Å². The molecular weight excluding hydrogens is 340 g/mol. The quantitative estimate of drug-likeness (QED) is 0.808. The summed E-state index contributed by atoms with van der Waals surface area (Å²) >= 11 is 0. The molecule has 1 aliphatic carbocycles. The summed E-state index contributed by atoms with van der Waals surface area (Å²) in [6.45, 7) is 9.98. The molecule has 2 fully saturated rings. The Balaban J connectivity index is 1.26. The highest BCUT2D eigenvalue weighted by atomic mass is 16.5. The molecule has 3 heterocycles. The van der Waals surface area contributed by atoms with Gasteiger partial charge < -0.3 is 14.6 Å². The maximum absolute atomic E-state index is 5.58. The number of nitrogens with zero attached hydrogens (tertiary/aromatic N) is 3. The minimum atomic E-state index is 0.255. The average molecular weight is 370 g/mol. The summed E-state index contributed by atoms with van der Waals surface area (Å²) < 4.78 is 11.0. The molecule has 0 amide bonds. The Hall–Kier alpha value is -1.76. The zero-order chi connectivity index (χ0) is 18.7. The molecule has 0 bridgehead atoms. The van der Waals surface area contributed by atoms with Crippen LogP contribution in [0.4, 0.5) is 0 Å². The molecule has 27 heavy (non-hydrogen) atoms. The van der Waals surface area contributed by atoms with Crippen LogP contribution in [0.1, 0.15) is 37.3 Å². The standard InChI is InChI=1S/C21H30N4O2/c1-21(2)17(11-20(21)23-14-16-4-3-5-22-13-16)10-18-12-19(27-24-18)15-25-6-8-26-9-7-25/h3-5,12-13,17,20,23H,6-11,14-15H2,1-2H3. The van der Waals surface area contributed by atoms with Crippen LogP contribution in [-0.2, 0) is 24.2 Å². The van der Waals surface area contributed by atoms with Gasteiger partial charge in [-0.1, -0.05) is 25.1 Å². The van der Waals surface area contributed by atoms with Crippen molar-refractivity contribution in [2.45, 2.75) is 45.8 Å². The van der Waals surface area contributed by atoms with Crippen LogP contribution in [0.15, 0.2) is 35.1 Å². The van der Waals surface area contributed by atoms with Crippen molar-refractivity contribution in [1.82, 2.24) is 20.4 Å². The van der Waals surface area contributed by atoms with E-state index in [1.807, 2.05) is 18.5 Å². The van der Waals surface area contributed by atoms with Crippen LogP contribution in [0.2, 0.25) is 0 Å². The largest absolute Gasteiger partial charge is 0.379 e. The van der Waals surface area contributed by atoms with Gasteiger partial charge in [-0.3, -0.25) is 9.88 Å². The molecule has 1 saturated carbocycles. The van der Waals surface area contributed by atoms with Crippen LogP contribution in [0.3, 0.4) is 0 Å². The molecule has 4 rings (SSSR count). The summed E-state index contributed by atoms with van der Waals surface area (Å²) in [7, 11) is 0. The Morgan fingerprint density at radius 2 is 2.15 bits per heavy atom. The number of aromatic nitrogens is 2. The Labute approximate surface area is 161 Å². The first-order chi connectivity index (χ1) is 13.1. The van der Waals surface area contributed by atoms with Crippen molar-refractivity contribution in [3.8, 4) is 0 Å². The molecule has 6 heteroatoms. The summed E-state index contributed by atoms with van der Waals surface area (Å²) in [6.07, 6.45) is 5.92. The second kappa shape index (κ2) is 8.09. The topological polar surface area (TPSA) is 63.4 Å². The zero-order valence-electron chi connectivity index (χ0n) is 16.4. The highest BCUT2D eigenvalue weighted by molar-refractivity contribution is 5.13. The Kier molecular flexibility index (Phi) is 5.57. The van der Waals surface area contributed by atoms with E-state index in [0.29, 0.717) is 12.0 Å². The average Bonchev–Trinajstić information content (AvgIpc) is 3.13. The lowest BCUT2D eigenvalue weighted by atomic mass is 9.57. The third kappa shape index (κ3) is 4.39. The van der Waals surface area contributed by atoms with Crippen LogP contribution < -0.4 is 5.32 Å². The predicted molar refractivity (Wildman–Crippen MR) is 103 cm³/mol. The lowest BCUT2D eigenvalue weighted by Crippen LogP contribution is -2.57. The maximum Gasteiger partial charge on any atom is 0.150 e. The van der Waals surface area contributed by atoms with Crippen molar-refractivity contribution in [3.05, 3.63) is 47.6 Å². The highest BCUT2D eigenvalue weighted by Crippen LogP contribution is 2.47. The van der Waals surface area contributed by atoms with Gasteiger partial charge in [0.25, 0.3) is 0 Å². The molecule has 1 N–H and O–H groups in total. The smallest absolute Gasteiger partial charge is 0.150 e. The summed E-state index contributed by atoms with van der Waals surface area (Å²) in [5.41, 5.74) is 2.58. The molecule has 2 atom stereocenters. The van der Waals surface area contributed by atoms with Gasteiger partial charge >= 0.3 is 0 Å². The van der Waals surface area contributed by atoms with Crippen molar-refractivity contribution in [2.75, 3.05) is 26.3 Å². The fraction of sp³-hybridized carbons (Fsp3) is 0.619. The van der Waals surface area contributed by atoms with Crippen LogP contribution >= 0.6 is 0 Å². The van der Waals surface area contributed by atoms with E-state index < -0.39 is 0 Å². The van der Waals surface area contributed by atoms with E-state index in [2.05, 4.69) is 46.3 Å². The molecule has 1 aliphatic heterocycles. The fourth-order valence-corrected chi connectivity index (χ4v) is 4.21. The van der Waals surface area contributed by atoms with Crippen LogP contribution in [-0.4, -0.2) is 47.4 Å². The van der Waals surface area contributed by atoms with Gasteiger partial charge in [0.2, 0.25) is 0 Å². The van der Waals surface area contributed by atoms with Gasteiger partial charge in [-0.15, -0.1) is 0 Å². The molecule has 0 spiro atoms. The fourth-order valence-electron chi connectivity index (χ4n) is 4.21. The van der Waals surface area contributed by atoms with E-state index in [1.54, 1.807) is 0 Å². The van der Waals surface area contributed by atoms with Crippen LogP contribution in [0.5, 0.6) is 0 Å². The molecule has 0 aromatic carbocycles. The lowest BCUT2D eigenvalue weighted by molar-refractivity contribution is 0.0124. The predicted octanol–water partition coefficient (Wildman–Crippen LogP) is 2.65. The zero-order valence-corrected chi connectivity index (χ0v) is 16.4. The molecule has 2 unspecified atom stereocenters. The van der Waals surface area contributed by atoms with Crippen molar-refractivity contribution in [2.24, 2.45) is 11.3 Å². The summed E-state index contributed by atoms with van der Waals surface area (Å²) in [5, 5.41) is 8.02. The summed E-state index contributed by atoms with van der Waals surface area (Å²) in [4.78, 5) is 6.55. The van der Waals surface area contributed by atoms with Crippen LogP contribution in [0, 0.1) is 11.3 Å². The number of morpholine rings is 1. The number of nitrogens with one attached hydrogen (secondary N) is 1. The number of hydrogen-bond donors (Lipinski definition) is 1. The maximum atomic E-state index is 5.58. The normalized spacial score (nSPS) is 25.3. The van der Waals surface area contributed by atoms with Crippen molar-refractivity contribution in [1.29, 1.82) is 0 Å². The lowest BCUT2D eigenvalue weighted by Gasteiger charge is -2.52. The summed E-state index contributed by atoms with van der Waals surface area (Å²) in [5.74, 6) is 1.60. The number of rotatable bonds is 7. The first-order valence-electron chi connectivity index (χ1n) is 9.98. The highest BCUT2D eigenvalue weighted by Gasteiger charge is 2.47. The molecule has 0 radical (unpaired) electrons. The third-order valence-electron chi connectivity index (χ3n) is 6.29. The number of hydrogen-bond acceptors (Lipinski definition) is 6. The monoisotopic (exact) mass is 370 g/mol. The van der Waals surface area contributed by atoms with Gasteiger partial charge in [-0.05, 0) is 35.8 Å². The first-order valence-corrected chi connectivity index (χ1v) is 9.98. The third-order valence-corrected chi connectivity index (χ3v) is 6.29. The molecule has 2 aliphatic rings. The Bertz CT molecular complexity index is 725. The Morgan fingerprint density at radius 3 is 2.89 bits per heavy atom. The minimum Gasteiger partial charge on any atom is -0.379 e. The molecule has 6 nitrogen and oxygen atoms in total. The molecule has 1 saturated heterocycles. The second-order valence-electron chi connectivity index (χ2n) is 8.43. The molecule has 146 valence electrons. The van der Waals surface area contributed by atoms with E-state index in [0.717, 1.165) is 57.3 Å². The van der Waals surface area contributed by atoms with Gasteiger partial charge in [0, 0.05) is 44.1 Å². The van der Waals surface area contributed by atoms with E-state index in [4.69, 9.17) is 9.26 Å². The van der Waals surface area contributed by atoms with Crippen LogP contribution in [0.25, 0.3) is 0 Å². The molecule has 2 aromatic heterocycles. The van der Waals surface area contributed by atoms with E-state index in [9.17, 15) is 0 Å². The van der Waals surface area contributed by atoms with Crippen molar-refractivity contribution in [3.63, 3.8) is 0 Å².